The van der Waals surface area contributed by atoms with Crippen molar-refractivity contribution in [3.63, 3.8) is 0 Å². The second kappa shape index (κ2) is 16.2. The number of hydrogen-bond acceptors (Lipinski definition) is 4. The Morgan fingerprint density at radius 1 is 0.674 bits per heavy atom. The normalized spacial score (nSPS) is 27.9. The maximum absolute atomic E-state index is 11.8. The zero-order chi connectivity index (χ0) is 32.9. The number of allylic oxidation sites excluding steroid dienone is 2. The number of aromatic hydroxyl groups is 1. The largest absolute Gasteiger partial charge is 0.507 e. The predicted molar refractivity (Wildman–Crippen MR) is 203 cm³/mol. The van der Waals surface area contributed by atoms with E-state index < -0.39 is 0 Å². The number of aliphatic hydroxyl groups is 1. The summed E-state index contributed by atoms with van der Waals surface area (Å²) in [5, 5.41) is 24.7. The van der Waals surface area contributed by atoms with Gasteiger partial charge in [0.2, 0.25) is 0 Å². The van der Waals surface area contributed by atoms with Crippen LogP contribution in [0.1, 0.15) is 167 Å². The topological polar surface area (TPSA) is 40.5 Å². The Morgan fingerprint density at radius 2 is 1.22 bits per heavy atom. The number of thioether (sulfide) groups is 2. The fraction of sp³-hybridized carbons (Fsp3) is 0.762. The highest BCUT2D eigenvalue weighted by atomic mass is 32.2. The molecule has 0 aliphatic heterocycles. The molecule has 46 heavy (non-hydrogen) atoms. The van der Waals surface area contributed by atoms with Crippen LogP contribution in [0, 0.1) is 17.3 Å². The monoisotopic (exact) mass is 666 g/mol. The van der Waals surface area contributed by atoms with Crippen molar-refractivity contribution in [2.75, 3.05) is 5.75 Å². The first-order valence-electron chi connectivity index (χ1n) is 19.1. The van der Waals surface area contributed by atoms with E-state index in [1.165, 1.54) is 125 Å². The summed E-state index contributed by atoms with van der Waals surface area (Å²) in [4.78, 5) is 0. The molecule has 3 saturated carbocycles. The van der Waals surface area contributed by atoms with Gasteiger partial charge in [0.15, 0.2) is 0 Å². The fourth-order valence-corrected chi connectivity index (χ4v) is 11.7. The van der Waals surface area contributed by atoms with E-state index in [9.17, 15) is 10.2 Å². The van der Waals surface area contributed by atoms with E-state index in [-0.39, 0.29) is 22.9 Å². The highest BCUT2D eigenvalue weighted by Crippen LogP contribution is 2.46. The van der Waals surface area contributed by atoms with E-state index in [1.807, 2.05) is 0 Å². The molecule has 2 nitrogen and oxygen atoms in total. The maximum atomic E-state index is 11.8. The third-order valence-electron chi connectivity index (χ3n) is 11.7. The summed E-state index contributed by atoms with van der Waals surface area (Å²) < 4.78 is 0. The number of phenolic OH excluding ortho intramolecular Hbond substituents is 1. The Bertz CT molecular complexity index is 1190. The van der Waals surface area contributed by atoms with Crippen molar-refractivity contribution in [2.24, 2.45) is 17.3 Å². The minimum atomic E-state index is -0.336. The number of hydrogen-bond donors (Lipinski definition) is 2. The van der Waals surface area contributed by atoms with Crippen LogP contribution in [0.25, 0.3) is 0 Å². The molecule has 1 aromatic carbocycles. The van der Waals surface area contributed by atoms with Crippen molar-refractivity contribution in [2.45, 2.75) is 178 Å². The molecule has 0 heterocycles. The van der Waals surface area contributed by atoms with Gasteiger partial charge in [0.05, 0.1) is 6.10 Å². The molecule has 4 heteroatoms. The fourth-order valence-electron chi connectivity index (χ4n) is 8.57. The molecule has 0 aromatic heterocycles. The van der Waals surface area contributed by atoms with Gasteiger partial charge in [0.1, 0.15) is 5.75 Å². The van der Waals surface area contributed by atoms with E-state index in [0.29, 0.717) is 28.1 Å². The van der Waals surface area contributed by atoms with Crippen molar-refractivity contribution in [1.29, 1.82) is 0 Å². The highest BCUT2D eigenvalue weighted by Gasteiger charge is 2.36. The lowest BCUT2D eigenvalue weighted by Gasteiger charge is -2.38. The van der Waals surface area contributed by atoms with Crippen LogP contribution in [0.4, 0.5) is 0 Å². The number of rotatable bonds is 8. The molecule has 3 fully saturated rings. The first kappa shape index (κ1) is 36.4. The molecule has 4 aliphatic rings. The third kappa shape index (κ3) is 9.44. The van der Waals surface area contributed by atoms with Crippen LogP contribution >= 0.6 is 23.5 Å². The Labute approximate surface area is 291 Å². The molecule has 0 saturated heterocycles. The zero-order valence-electron chi connectivity index (χ0n) is 30.2. The number of phenols is 1. The standard InChI is InChI=1S/C42H66O2S2/c1-41(2,3)33-23-31(39(43)35(25-33)29-17-11-9-12-18-29)27-45-37-21-15-7-8-16-22-38(37)46-28-32-24-34(42(4,5)6)26-36(40(32)44)30-19-13-10-14-20-30/h23-26,29-30,35,37-39,43-44H,7-22,27-28H2,1-6H3. The lowest BCUT2D eigenvalue weighted by Crippen LogP contribution is -2.34. The summed E-state index contributed by atoms with van der Waals surface area (Å²) in [6.45, 7) is 13.9. The Kier molecular flexibility index (Phi) is 12.9. The van der Waals surface area contributed by atoms with Crippen molar-refractivity contribution < 1.29 is 10.2 Å². The van der Waals surface area contributed by atoms with Gasteiger partial charge in [-0.3, -0.25) is 0 Å². The van der Waals surface area contributed by atoms with Gasteiger partial charge in [-0.2, -0.15) is 23.5 Å². The van der Waals surface area contributed by atoms with E-state index in [2.05, 4.69) is 89.4 Å². The van der Waals surface area contributed by atoms with Gasteiger partial charge in [-0.15, -0.1) is 0 Å². The van der Waals surface area contributed by atoms with Crippen molar-refractivity contribution >= 4 is 23.5 Å². The zero-order valence-corrected chi connectivity index (χ0v) is 31.8. The van der Waals surface area contributed by atoms with Gasteiger partial charge in [-0.25, -0.2) is 0 Å². The first-order chi connectivity index (χ1) is 21.9. The van der Waals surface area contributed by atoms with Gasteiger partial charge < -0.3 is 10.2 Å². The summed E-state index contributed by atoms with van der Waals surface area (Å²) in [7, 11) is 0. The van der Waals surface area contributed by atoms with Gasteiger partial charge in [0, 0.05) is 33.5 Å². The molecule has 1 aromatic rings. The molecule has 4 unspecified atom stereocenters. The smallest absolute Gasteiger partial charge is 0.123 e. The van der Waals surface area contributed by atoms with Crippen LogP contribution in [-0.2, 0) is 11.2 Å². The summed E-state index contributed by atoms with van der Waals surface area (Å²) >= 11 is 4.24. The van der Waals surface area contributed by atoms with Gasteiger partial charge >= 0.3 is 0 Å². The van der Waals surface area contributed by atoms with Crippen LogP contribution in [0.5, 0.6) is 5.75 Å². The second-order valence-corrected chi connectivity index (χ2v) is 19.8. The molecule has 0 amide bonds. The van der Waals surface area contributed by atoms with Gasteiger partial charge in [-0.05, 0) is 83.5 Å². The third-order valence-corrected chi connectivity index (χ3v) is 14.8. The highest BCUT2D eigenvalue weighted by molar-refractivity contribution is 8.03. The minimum Gasteiger partial charge on any atom is -0.507 e. The Hall–Kier alpha value is -0.840. The SMILES string of the molecule is CC(C)(C)C1=CC(C2CCCCC2)C(O)C(CSC2CCCCCCC2SCc2cc(C(C)(C)C)cc(C3CCCCC3)c2O)=C1. The van der Waals surface area contributed by atoms with E-state index in [1.54, 1.807) is 0 Å². The van der Waals surface area contributed by atoms with Gasteiger partial charge in [-0.1, -0.05) is 130 Å². The molecule has 258 valence electrons. The average molecular weight is 667 g/mol. The Morgan fingerprint density at radius 3 is 1.80 bits per heavy atom. The summed E-state index contributed by atoms with van der Waals surface area (Å²) in [5.74, 6) is 3.82. The quantitative estimate of drug-likeness (QED) is 0.290. The minimum absolute atomic E-state index is 0.0690. The molecule has 0 radical (unpaired) electrons. The Balaban J connectivity index is 1.33. The number of benzene rings is 1. The summed E-state index contributed by atoms with van der Waals surface area (Å²) in [5.41, 5.74) is 6.62. The average Bonchev–Trinajstić information content (AvgIpc) is 3.01. The van der Waals surface area contributed by atoms with Crippen LogP contribution < -0.4 is 0 Å². The molecule has 2 N–H and O–H groups in total. The predicted octanol–water partition coefficient (Wildman–Crippen LogP) is 12.3. The van der Waals surface area contributed by atoms with Crippen molar-refractivity contribution in [3.8, 4) is 5.75 Å². The molecule has 0 spiro atoms. The van der Waals surface area contributed by atoms with E-state index >= 15 is 0 Å². The molecule has 4 atom stereocenters. The van der Waals surface area contributed by atoms with Crippen LogP contribution in [0.3, 0.4) is 0 Å². The van der Waals surface area contributed by atoms with Crippen molar-refractivity contribution in [3.05, 3.63) is 52.1 Å². The molecule has 0 bridgehead atoms. The molecule has 4 aliphatic carbocycles. The number of aliphatic hydroxyl groups excluding tert-OH is 1. The lowest BCUT2D eigenvalue weighted by molar-refractivity contribution is 0.110. The maximum Gasteiger partial charge on any atom is 0.123 e. The lowest BCUT2D eigenvalue weighted by atomic mass is 9.70. The summed E-state index contributed by atoms with van der Waals surface area (Å²) in [6, 6.07) is 4.67. The second-order valence-electron chi connectivity index (χ2n) is 17.4. The molecular formula is C42H66O2S2. The molecule has 5 rings (SSSR count). The molecular weight excluding hydrogens is 601 g/mol. The van der Waals surface area contributed by atoms with Crippen molar-refractivity contribution in [1.82, 2.24) is 0 Å². The van der Waals surface area contributed by atoms with Gasteiger partial charge in [0.25, 0.3) is 0 Å². The van der Waals surface area contributed by atoms with Crippen LogP contribution in [0.2, 0.25) is 0 Å². The summed E-state index contributed by atoms with van der Waals surface area (Å²) in [6.07, 6.45) is 25.2. The first-order valence-corrected chi connectivity index (χ1v) is 21.2. The van der Waals surface area contributed by atoms with Crippen LogP contribution in [-0.4, -0.2) is 32.6 Å². The van der Waals surface area contributed by atoms with Crippen LogP contribution in [0.15, 0.2) is 35.4 Å². The van der Waals surface area contributed by atoms with E-state index in [4.69, 9.17) is 0 Å². The van der Waals surface area contributed by atoms with E-state index in [0.717, 1.165) is 17.1 Å².